The van der Waals surface area contributed by atoms with Gasteiger partial charge in [-0.2, -0.15) is 0 Å². The first kappa shape index (κ1) is 16.2. The molecule has 1 saturated heterocycles. The van der Waals surface area contributed by atoms with Crippen molar-refractivity contribution < 1.29 is 14.4 Å². The Bertz CT molecular complexity index is 603. The van der Waals surface area contributed by atoms with Gasteiger partial charge in [-0.3, -0.25) is 14.4 Å². The molecule has 1 amide bonds. The predicted molar refractivity (Wildman–Crippen MR) is 87.7 cm³/mol. The summed E-state index contributed by atoms with van der Waals surface area (Å²) in [6.07, 6.45) is 0.424. The van der Waals surface area contributed by atoms with E-state index in [4.69, 9.17) is 0 Å². The molecule has 1 fully saturated rings. The third-order valence-corrected chi connectivity index (χ3v) is 4.89. The minimum absolute atomic E-state index is 0.00831. The van der Waals surface area contributed by atoms with Crippen LogP contribution in [0.5, 0.6) is 0 Å². The van der Waals surface area contributed by atoms with E-state index in [1.165, 1.54) is 25.6 Å². The molecule has 0 aromatic heterocycles. The van der Waals surface area contributed by atoms with Crippen molar-refractivity contribution in [2.45, 2.75) is 20.3 Å². The Hall–Kier alpha value is -1.14. The number of rotatable bonds is 4. The Morgan fingerprint density at radius 1 is 1.38 bits per heavy atom. The summed E-state index contributed by atoms with van der Waals surface area (Å²) in [4.78, 5) is 36.7. The number of Topliss-reactive ketones (excluding diaryl/α,β-unsaturated/α-hetero) is 1. The van der Waals surface area contributed by atoms with Crippen LogP contribution in [0.1, 0.15) is 30.6 Å². The van der Waals surface area contributed by atoms with Crippen molar-refractivity contribution in [1.29, 1.82) is 0 Å². The lowest BCUT2D eigenvalue weighted by Crippen LogP contribution is -2.26. The zero-order valence-electron chi connectivity index (χ0n) is 11.9. The summed E-state index contributed by atoms with van der Waals surface area (Å²) in [5.41, 5.74) is 1.20. The smallest absolute Gasteiger partial charge is 0.227 e. The van der Waals surface area contributed by atoms with Gasteiger partial charge < -0.3 is 4.90 Å². The molecule has 112 valence electrons. The maximum absolute atomic E-state index is 12.2. The summed E-state index contributed by atoms with van der Waals surface area (Å²) in [5.74, 6) is 0.730. The SMILES string of the molecule is CC(=O)SCC1CC(=O)N(c2ccc(Br)cc2C(C)=O)C1. The second-order valence-electron chi connectivity index (χ2n) is 5.09. The van der Waals surface area contributed by atoms with E-state index in [0.29, 0.717) is 30.0 Å². The zero-order chi connectivity index (χ0) is 15.6. The molecule has 1 aliphatic rings. The van der Waals surface area contributed by atoms with Crippen molar-refractivity contribution in [3.63, 3.8) is 0 Å². The van der Waals surface area contributed by atoms with Crippen molar-refractivity contribution in [3.8, 4) is 0 Å². The molecular weight excluding hydrogens is 354 g/mol. The first-order chi connectivity index (χ1) is 9.88. The second kappa shape index (κ2) is 6.75. The van der Waals surface area contributed by atoms with Crippen LogP contribution in [-0.4, -0.2) is 29.1 Å². The van der Waals surface area contributed by atoms with Gasteiger partial charge in [-0.1, -0.05) is 27.7 Å². The molecule has 1 aliphatic heterocycles. The number of ketones is 1. The van der Waals surface area contributed by atoms with Gasteiger partial charge in [-0.05, 0) is 31.0 Å². The highest BCUT2D eigenvalue weighted by Gasteiger charge is 2.32. The number of carbonyl (C=O) groups is 3. The average Bonchev–Trinajstić information content (AvgIpc) is 2.77. The fraction of sp³-hybridized carbons (Fsp3) is 0.400. The monoisotopic (exact) mass is 369 g/mol. The molecule has 2 rings (SSSR count). The van der Waals surface area contributed by atoms with Gasteiger partial charge >= 0.3 is 0 Å². The quantitative estimate of drug-likeness (QED) is 0.764. The molecule has 1 heterocycles. The zero-order valence-corrected chi connectivity index (χ0v) is 14.3. The lowest BCUT2D eigenvalue weighted by Gasteiger charge is -2.19. The van der Waals surface area contributed by atoms with E-state index in [2.05, 4.69) is 15.9 Å². The van der Waals surface area contributed by atoms with Crippen molar-refractivity contribution in [1.82, 2.24) is 0 Å². The highest BCUT2D eigenvalue weighted by atomic mass is 79.9. The van der Waals surface area contributed by atoms with Crippen LogP contribution >= 0.6 is 27.7 Å². The Morgan fingerprint density at radius 3 is 2.71 bits per heavy atom. The summed E-state index contributed by atoms with van der Waals surface area (Å²) < 4.78 is 0.812. The van der Waals surface area contributed by atoms with Crippen molar-refractivity contribution >= 4 is 50.2 Å². The van der Waals surface area contributed by atoms with Crippen LogP contribution in [0.2, 0.25) is 0 Å². The standard InChI is InChI=1S/C15H16BrNO3S/c1-9(18)13-6-12(16)3-4-14(13)17-7-11(5-15(17)20)8-21-10(2)19/h3-4,6,11H,5,7-8H2,1-2H3. The maximum Gasteiger partial charge on any atom is 0.227 e. The molecule has 0 radical (unpaired) electrons. The molecule has 0 bridgehead atoms. The molecule has 0 spiro atoms. The highest BCUT2D eigenvalue weighted by Crippen LogP contribution is 2.31. The second-order valence-corrected chi connectivity index (χ2v) is 7.21. The van der Waals surface area contributed by atoms with E-state index in [1.54, 1.807) is 17.0 Å². The normalized spacial score (nSPS) is 18.1. The van der Waals surface area contributed by atoms with Gasteiger partial charge in [0.25, 0.3) is 0 Å². The van der Waals surface area contributed by atoms with Crippen LogP contribution in [0, 0.1) is 5.92 Å². The van der Waals surface area contributed by atoms with Crippen LogP contribution in [-0.2, 0) is 9.59 Å². The van der Waals surface area contributed by atoms with Crippen molar-refractivity contribution in [2.75, 3.05) is 17.2 Å². The Balaban J connectivity index is 2.21. The number of halogens is 1. The van der Waals surface area contributed by atoms with Gasteiger partial charge in [-0.15, -0.1) is 0 Å². The molecule has 0 aliphatic carbocycles. The number of hydrogen-bond acceptors (Lipinski definition) is 4. The number of thioether (sulfide) groups is 1. The summed E-state index contributed by atoms with van der Waals surface area (Å²) in [6, 6.07) is 5.36. The first-order valence-corrected chi connectivity index (χ1v) is 8.40. The predicted octanol–water partition coefficient (Wildman–Crippen LogP) is 3.28. The molecule has 1 atom stereocenters. The van der Waals surface area contributed by atoms with E-state index in [9.17, 15) is 14.4 Å². The summed E-state index contributed by atoms with van der Waals surface area (Å²) in [6.45, 7) is 3.58. The number of amides is 1. The van der Waals surface area contributed by atoms with Crippen LogP contribution in [0.3, 0.4) is 0 Å². The highest BCUT2D eigenvalue weighted by molar-refractivity contribution is 9.10. The van der Waals surface area contributed by atoms with Crippen LogP contribution < -0.4 is 4.90 Å². The van der Waals surface area contributed by atoms with E-state index in [-0.39, 0.29) is 22.7 Å². The van der Waals surface area contributed by atoms with Crippen LogP contribution in [0.25, 0.3) is 0 Å². The largest absolute Gasteiger partial charge is 0.311 e. The van der Waals surface area contributed by atoms with E-state index >= 15 is 0 Å². The topological polar surface area (TPSA) is 54.5 Å². The van der Waals surface area contributed by atoms with Gasteiger partial charge in [-0.25, -0.2) is 0 Å². The Labute approximate surface area is 136 Å². The Morgan fingerprint density at radius 2 is 2.10 bits per heavy atom. The molecule has 21 heavy (non-hydrogen) atoms. The van der Waals surface area contributed by atoms with Gasteiger partial charge in [0.15, 0.2) is 10.9 Å². The number of nitrogens with zero attached hydrogens (tertiary/aromatic N) is 1. The average molecular weight is 370 g/mol. The number of hydrogen-bond donors (Lipinski definition) is 0. The van der Waals surface area contributed by atoms with Gasteiger partial charge in [0.1, 0.15) is 0 Å². The van der Waals surface area contributed by atoms with E-state index in [0.717, 1.165) is 4.47 Å². The summed E-state index contributed by atoms with van der Waals surface area (Å²) in [5, 5.41) is 0.0639. The minimum Gasteiger partial charge on any atom is -0.311 e. The fourth-order valence-corrected chi connectivity index (χ4v) is 3.44. The number of carbonyl (C=O) groups excluding carboxylic acids is 3. The molecule has 1 aromatic rings. The van der Waals surface area contributed by atoms with E-state index in [1.807, 2.05) is 6.07 Å². The molecule has 4 nitrogen and oxygen atoms in total. The van der Waals surface area contributed by atoms with Crippen LogP contribution in [0.15, 0.2) is 22.7 Å². The fourth-order valence-electron chi connectivity index (χ4n) is 2.39. The summed E-state index contributed by atoms with van der Waals surface area (Å²) >= 11 is 4.59. The van der Waals surface area contributed by atoms with E-state index < -0.39 is 0 Å². The lowest BCUT2D eigenvalue weighted by atomic mass is 10.1. The Kier molecular flexibility index (Phi) is 5.22. The molecular formula is C15H16BrNO3S. The van der Waals surface area contributed by atoms with Gasteiger partial charge in [0.2, 0.25) is 5.91 Å². The van der Waals surface area contributed by atoms with Crippen LogP contribution in [0.4, 0.5) is 5.69 Å². The molecule has 0 N–H and O–H groups in total. The molecule has 1 unspecified atom stereocenters. The van der Waals surface area contributed by atoms with Gasteiger partial charge in [0, 0.05) is 35.7 Å². The van der Waals surface area contributed by atoms with Crippen molar-refractivity contribution in [2.24, 2.45) is 5.92 Å². The molecule has 0 saturated carbocycles. The van der Waals surface area contributed by atoms with Crippen molar-refractivity contribution in [3.05, 3.63) is 28.2 Å². The van der Waals surface area contributed by atoms with Gasteiger partial charge in [0.05, 0.1) is 5.69 Å². The third-order valence-electron chi connectivity index (χ3n) is 3.36. The lowest BCUT2D eigenvalue weighted by molar-refractivity contribution is -0.117. The molecule has 1 aromatic carbocycles. The molecule has 6 heteroatoms. The first-order valence-electron chi connectivity index (χ1n) is 6.62. The minimum atomic E-state index is -0.0688. The maximum atomic E-state index is 12.2. The third kappa shape index (κ3) is 3.95. The number of anilines is 1. The number of benzene rings is 1. The summed E-state index contributed by atoms with van der Waals surface area (Å²) in [7, 11) is 0.